The van der Waals surface area contributed by atoms with Gasteiger partial charge in [0.1, 0.15) is 0 Å². The van der Waals surface area contributed by atoms with Crippen molar-refractivity contribution in [3.8, 4) is 0 Å². The van der Waals surface area contributed by atoms with Crippen LogP contribution in [0, 0.1) is 0 Å². The van der Waals surface area contributed by atoms with Crippen molar-refractivity contribution in [2.75, 3.05) is 6.61 Å². The van der Waals surface area contributed by atoms with Gasteiger partial charge < -0.3 is 0 Å². The predicted molar refractivity (Wildman–Crippen MR) is 27.3 cm³/mol. The molecular formula is C4H5O2Se. The standard InChI is InChI=1S/C4H5O2Se/c1-2-3-6-4(5)7/h2H,1,3H2. The van der Waals surface area contributed by atoms with E-state index in [0.717, 1.165) is 0 Å². The number of rotatable bonds is 2. The van der Waals surface area contributed by atoms with Gasteiger partial charge >= 0.3 is 49.7 Å². The van der Waals surface area contributed by atoms with Crippen LogP contribution in [0.5, 0.6) is 0 Å². The van der Waals surface area contributed by atoms with Gasteiger partial charge in [0.05, 0.1) is 0 Å². The van der Waals surface area contributed by atoms with E-state index in [2.05, 4.69) is 27.3 Å². The normalized spacial score (nSPS) is 7.43. The molecule has 0 N–H and O–H groups in total. The summed E-state index contributed by atoms with van der Waals surface area (Å²) in [6.07, 6.45) is 1.51. The average Bonchev–Trinajstić information content (AvgIpc) is 1.61. The van der Waals surface area contributed by atoms with Crippen molar-refractivity contribution in [2.45, 2.75) is 0 Å². The molecule has 0 saturated heterocycles. The molecule has 0 aliphatic carbocycles. The zero-order valence-corrected chi connectivity index (χ0v) is 5.43. The first-order chi connectivity index (χ1) is 3.27. The third-order valence-corrected chi connectivity index (χ3v) is 0.566. The van der Waals surface area contributed by atoms with Gasteiger partial charge in [0, 0.05) is 0 Å². The summed E-state index contributed by atoms with van der Waals surface area (Å²) in [5.41, 5.74) is 0. The molecule has 0 saturated carbocycles. The van der Waals surface area contributed by atoms with Gasteiger partial charge in [0.2, 0.25) is 0 Å². The topological polar surface area (TPSA) is 26.3 Å². The molecule has 0 heterocycles. The van der Waals surface area contributed by atoms with E-state index in [1.54, 1.807) is 0 Å². The molecule has 1 radical (unpaired) electrons. The third-order valence-electron chi connectivity index (χ3n) is 0.319. The molecule has 0 bridgehead atoms. The molecule has 2 nitrogen and oxygen atoms in total. The van der Waals surface area contributed by atoms with Crippen LogP contribution in [0.25, 0.3) is 0 Å². The molecule has 0 aromatic heterocycles. The van der Waals surface area contributed by atoms with Crippen LogP contribution in [0.2, 0.25) is 0 Å². The van der Waals surface area contributed by atoms with E-state index in [1.807, 2.05) is 0 Å². The Morgan fingerprint density at radius 1 is 2.00 bits per heavy atom. The van der Waals surface area contributed by atoms with Gasteiger partial charge in [-0.2, -0.15) is 0 Å². The van der Waals surface area contributed by atoms with Crippen LogP contribution in [0.4, 0.5) is 4.79 Å². The summed E-state index contributed by atoms with van der Waals surface area (Å²) < 4.78 is 4.38. The second-order valence-electron chi connectivity index (χ2n) is 0.850. The Bertz CT molecular complexity index is 79.8. The molecule has 0 aromatic rings. The van der Waals surface area contributed by atoms with Crippen molar-refractivity contribution >= 4 is 20.9 Å². The number of carbonyl (C=O) groups is 1. The Morgan fingerprint density at radius 3 is 2.71 bits per heavy atom. The molecule has 0 spiro atoms. The van der Waals surface area contributed by atoms with E-state index < -0.39 is 0 Å². The predicted octanol–water partition coefficient (Wildman–Crippen LogP) is 0.477. The zero-order chi connectivity index (χ0) is 5.70. The molecule has 0 atom stereocenters. The summed E-state index contributed by atoms with van der Waals surface area (Å²) in [6, 6.07) is 0. The van der Waals surface area contributed by atoms with Crippen LogP contribution in [-0.2, 0) is 4.74 Å². The Labute approximate surface area is 50.4 Å². The summed E-state index contributed by atoms with van der Waals surface area (Å²) in [5, 5.41) is 0. The molecule has 39 valence electrons. The van der Waals surface area contributed by atoms with Gasteiger partial charge in [-0.3, -0.25) is 0 Å². The first kappa shape index (κ1) is 6.73. The molecule has 0 aromatic carbocycles. The van der Waals surface area contributed by atoms with Gasteiger partial charge in [-0.25, -0.2) is 0 Å². The van der Waals surface area contributed by atoms with E-state index in [4.69, 9.17) is 0 Å². The van der Waals surface area contributed by atoms with Gasteiger partial charge in [-0.1, -0.05) is 0 Å². The summed E-state index contributed by atoms with van der Waals surface area (Å²) in [6.45, 7) is 3.63. The Morgan fingerprint density at radius 2 is 2.57 bits per heavy atom. The second kappa shape index (κ2) is 3.90. The van der Waals surface area contributed by atoms with Crippen LogP contribution in [-0.4, -0.2) is 27.5 Å². The van der Waals surface area contributed by atoms with Gasteiger partial charge in [-0.15, -0.1) is 0 Å². The van der Waals surface area contributed by atoms with Crippen molar-refractivity contribution < 1.29 is 9.53 Å². The van der Waals surface area contributed by atoms with E-state index in [1.165, 1.54) is 6.08 Å². The van der Waals surface area contributed by atoms with E-state index in [0.29, 0.717) is 0 Å². The molecule has 0 amide bonds. The first-order valence-corrected chi connectivity index (χ1v) is 2.57. The summed E-state index contributed by atoms with van der Waals surface area (Å²) >= 11 is 2.17. The molecule has 0 aliphatic heterocycles. The monoisotopic (exact) mass is 165 g/mol. The number of hydrogen-bond acceptors (Lipinski definition) is 2. The maximum atomic E-state index is 9.88. The quantitative estimate of drug-likeness (QED) is 0.438. The number of hydrogen-bond donors (Lipinski definition) is 0. The van der Waals surface area contributed by atoms with Crippen LogP contribution >= 0.6 is 0 Å². The second-order valence-corrected chi connectivity index (χ2v) is 1.55. The fraction of sp³-hybridized carbons (Fsp3) is 0.250. The number of carbonyl (C=O) groups excluding carboxylic acids is 1. The average molecular weight is 164 g/mol. The molecule has 0 aliphatic rings. The fourth-order valence-electron chi connectivity index (χ4n) is 0.127. The summed E-state index contributed by atoms with van der Waals surface area (Å²) in [7, 11) is 0. The van der Waals surface area contributed by atoms with Gasteiger partial charge in [0.25, 0.3) is 0 Å². The molecular weight excluding hydrogens is 159 g/mol. The van der Waals surface area contributed by atoms with Crippen LogP contribution in [0.15, 0.2) is 12.7 Å². The van der Waals surface area contributed by atoms with Crippen molar-refractivity contribution in [2.24, 2.45) is 0 Å². The van der Waals surface area contributed by atoms with E-state index in [-0.39, 0.29) is 11.5 Å². The molecule has 0 fully saturated rings. The fourth-order valence-corrected chi connectivity index (χ4v) is 0.270. The van der Waals surface area contributed by atoms with Crippen molar-refractivity contribution in [3.05, 3.63) is 12.7 Å². The Balaban J connectivity index is 2.97. The minimum absolute atomic E-state index is 0.284. The van der Waals surface area contributed by atoms with Crippen LogP contribution in [0.1, 0.15) is 0 Å². The van der Waals surface area contributed by atoms with Crippen molar-refractivity contribution in [1.82, 2.24) is 0 Å². The van der Waals surface area contributed by atoms with Gasteiger partial charge in [0.15, 0.2) is 0 Å². The maximum absolute atomic E-state index is 9.88. The zero-order valence-electron chi connectivity index (χ0n) is 3.72. The molecule has 0 unspecified atom stereocenters. The Hall–Kier alpha value is -0.271. The summed E-state index contributed by atoms with van der Waals surface area (Å²) in [4.78, 5) is 9.49. The van der Waals surface area contributed by atoms with Crippen molar-refractivity contribution in [1.29, 1.82) is 0 Å². The molecule has 3 heteroatoms. The third kappa shape index (κ3) is 5.73. The van der Waals surface area contributed by atoms with E-state index in [9.17, 15) is 4.79 Å². The van der Waals surface area contributed by atoms with Crippen LogP contribution < -0.4 is 0 Å². The number of ether oxygens (including phenoxy) is 1. The molecule has 7 heavy (non-hydrogen) atoms. The first-order valence-electron chi connectivity index (χ1n) is 1.72. The van der Waals surface area contributed by atoms with Crippen molar-refractivity contribution in [3.63, 3.8) is 0 Å². The Kier molecular flexibility index (Phi) is 3.75. The van der Waals surface area contributed by atoms with Gasteiger partial charge in [-0.05, 0) is 0 Å². The molecule has 0 rings (SSSR count). The summed E-state index contributed by atoms with van der Waals surface area (Å²) in [5.74, 6) is 0. The minimum atomic E-state index is -0.389. The van der Waals surface area contributed by atoms with Crippen LogP contribution in [0.3, 0.4) is 0 Å². The van der Waals surface area contributed by atoms with E-state index >= 15 is 0 Å². The SMILES string of the molecule is C=CCOC(=O)[Se].